The molecule has 0 radical (unpaired) electrons. The lowest BCUT2D eigenvalue weighted by atomic mass is 9.92. The number of hydrogen-bond donors (Lipinski definition) is 1. The topological polar surface area (TPSA) is 12.0 Å². The SMILES string of the molecule is C=Cc1cccc(C2CNC2)c1. The summed E-state index contributed by atoms with van der Waals surface area (Å²) >= 11 is 0. The molecule has 62 valence electrons. The van der Waals surface area contributed by atoms with Gasteiger partial charge in [0.1, 0.15) is 0 Å². The first-order chi connectivity index (χ1) is 5.90. The zero-order valence-electron chi connectivity index (χ0n) is 7.09. The van der Waals surface area contributed by atoms with Crippen molar-refractivity contribution in [1.29, 1.82) is 0 Å². The third-order valence-electron chi connectivity index (χ3n) is 2.40. The summed E-state index contributed by atoms with van der Waals surface area (Å²) in [6.45, 7) is 6.01. The first-order valence-electron chi connectivity index (χ1n) is 4.33. The van der Waals surface area contributed by atoms with Crippen LogP contribution in [0.15, 0.2) is 30.8 Å². The number of hydrogen-bond acceptors (Lipinski definition) is 1. The quantitative estimate of drug-likeness (QED) is 0.696. The number of rotatable bonds is 2. The standard InChI is InChI=1S/C11H13N/c1-2-9-4-3-5-10(6-9)11-7-12-8-11/h2-6,11-12H,1,7-8H2. The molecule has 1 aliphatic rings. The third-order valence-corrected chi connectivity index (χ3v) is 2.40. The minimum atomic E-state index is 0.727. The highest BCUT2D eigenvalue weighted by molar-refractivity contribution is 5.48. The Hall–Kier alpha value is -1.08. The highest BCUT2D eigenvalue weighted by Crippen LogP contribution is 2.20. The Bertz CT molecular complexity index is 287. The van der Waals surface area contributed by atoms with Crippen LogP contribution in [0.2, 0.25) is 0 Å². The molecular formula is C11H13N. The maximum atomic E-state index is 3.76. The fourth-order valence-electron chi connectivity index (χ4n) is 1.46. The lowest BCUT2D eigenvalue weighted by Crippen LogP contribution is -2.39. The molecule has 1 heteroatoms. The molecule has 0 unspecified atom stereocenters. The first kappa shape index (κ1) is 7.56. The van der Waals surface area contributed by atoms with E-state index in [2.05, 4.69) is 36.2 Å². The average Bonchev–Trinajstić information content (AvgIpc) is 2.02. The molecule has 12 heavy (non-hydrogen) atoms. The Morgan fingerprint density at radius 1 is 1.42 bits per heavy atom. The maximum absolute atomic E-state index is 3.76. The smallest absolute Gasteiger partial charge is 0.00887 e. The van der Waals surface area contributed by atoms with E-state index in [0.29, 0.717) is 0 Å². The average molecular weight is 159 g/mol. The summed E-state index contributed by atoms with van der Waals surface area (Å²) in [6.07, 6.45) is 1.90. The van der Waals surface area contributed by atoms with Crippen LogP contribution < -0.4 is 5.32 Å². The van der Waals surface area contributed by atoms with Gasteiger partial charge < -0.3 is 5.32 Å². The summed E-state index contributed by atoms with van der Waals surface area (Å²) in [7, 11) is 0. The van der Waals surface area contributed by atoms with Crippen LogP contribution in [0, 0.1) is 0 Å². The highest BCUT2D eigenvalue weighted by Gasteiger charge is 2.18. The predicted octanol–water partition coefficient (Wildman–Crippen LogP) is 2.02. The first-order valence-corrected chi connectivity index (χ1v) is 4.33. The zero-order chi connectivity index (χ0) is 8.39. The molecular weight excluding hydrogens is 146 g/mol. The van der Waals surface area contributed by atoms with Gasteiger partial charge in [-0.2, -0.15) is 0 Å². The lowest BCUT2D eigenvalue weighted by Gasteiger charge is -2.27. The summed E-state index contributed by atoms with van der Waals surface area (Å²) in [5.41, 5.74) is 2.66. The van der Waals surface area contributed by atoms with Crippen molar-refractivity contribution < 1.29 is 0 Å². The molecule has 1 N–H and O–H groups in total. The van der Waals surface area contributed by atoms with Crippen LogP contribution >= 0.6 is 0 Å². The lowest BCUT2D eigenvalue weighted by molar-refractivity contribution is 0.448. The van der Waals surface area contributed by atoms with Gasteiger partial charge >= 0.3 is 0 Å². The molecule has 1 nitrogen and oxygen atoms in total. The van der Waals surface area contributed by atoms with Crippen molar-refractivity contribution in [2.45, 2.75) is 5.92 Å². The van der Waals surface area contributed by atoms with Gasteiger partial charge in [0.25, 0.3) is 0 Å². The molecule has 0 amide bonds. The Morgan fingerprint density at radius 2 is 2.25 bits per heavy atom. The highest BCUT2D eigenvalue weighted by atomic mass is 14.9. The molecule has 0 aromatic heterocycles. The molecule has 0 saturated carbocycles. The Morgan fingerprint density at radius 3 is 2.83 bits per heavy atom. The minimum Gasteiger partial charge on any atom is -0.315 e. The predicted molar refractivity (Wildman–Crippen MR) is 52.1 cm³/mol. The fraction of sp³-hybridized carbons (Fsp3) is 0.273. The van der Waals surface area contributed by atoms with E-state index in [-0.39, 0.29) is 0 Å². The second-order valence-corrected chi connectivity index (χ2v) is 3.23. The van der Waals surface area contributed by atoms with Crippen molar-refractivity contribution >= 4 is 6.08 Å². The summed E-state index contributed by atoms with van der Waals surface area (Å²) in [5.74, 6) is 0.727. The molecule has 1 aromatic rings. The van der Waals surface area contributed by atoms with Crippen LogP contribution in [-0.4, -0.2) is 13.1 Å². The van der Waals surface area contributed by atoms with Crippen LogP contribution in [0.3, 0.4) is 0 Å². The summed E-state index contributed by atoms with van der Waals surface area (Å²) in [4.78, 5) is 0. The molecule has 1 heterocycles. The fourth-order valence-corrected chi connectivity index (χ4v) is 1.46. The Balaban J connectivity index is 2.25. The zero-order valence-corrected chi connectivity index (χ0v) is 7.09. The second kappa shape index (κ2) is 3.11. The van der Waals surface area contributed by atoms with Gasteiger partial charge in [-0.3, -0.25) is 0 Å². The van der Waals surface area contributed by atoms with Crippen molar-refractivity contribution in [3.8, 4) is 0 Å². The Kier molecular flexibility index (Phi) is 1.96. The van der Waals surface area contributed by atoms with E-state index in [1.807, 2.05) is 6.08 Å². The summed E-state index contributed by atoms with van der Waals surface area (Å²) in [6, 6.07) is 8.60. The molecule has 1 fully saturated rings. The van der Waals surface area contributed by atoms with E-state index in [9.17, 15) is 0 Å². The molecule has 1 saturated heterocycles. The van der Waals surface area contributed by atoms with Gasteiger partial charge in [0.05, 0.1) is 0 Å². The summed E-state index contributed by atoms with van der Waals surface area (Å²) < 4.78 is 0. The van der Waals surface area contributed by atoms with Crippen molar-refractivity contribution in [3.63, 3.8) is 0 Å². The largest absolute Gasteiger partial charge is 0.315 e. The third kappa shape index (κ3) is 1.28. The van der Waals surface area contributed by atoms with Crippen molar-refractivity contribution in [2.75, 3.05) is 13.1 Å². The normalized spacial score (nSPS) is 17.0. The molecule has 0 spiro atoms. The van der Waals surface area contributed by atoms with Gasteiger partial charge in [0, 0.05) is 19.0 Å². The van der Waals surface area contributed by atoms with Crippen molar-refractivity contribution in [2.24, 2.45) is 0 Å². The Labute approximate surface area is 73.1 Å². The van der Waals surface area contributed by atoms with Crippen LogP contribution in [0.4, 0.5) is 0 Å². The molecule has 1 aromatic carbocycles. The molecule has 2 rings (SSSR count). The van der Waals surface area contributed by atoms with E-state index in [1.54, 1.807) is 0 Å². The van der Waals surface area contributed by atoms with E-state index in [4.69, 9.17) is 0 Å². The van der Waals surface area contributed by atoms with Crippen LogP contribution in [0.25, 0.3) is 6.08 Å². The van der Waals surface area contributed by atoms with Crippen LogP contribution in [0.1, 0.15) is 17.0 Å². The maximum Gasteiger partial charge on any atom is 0.00887 e. The van der Waals surface area contributed by atoms with Crippen LogP contribution in [0.5, 0.6) is 0 Å². The minimum absolute atomic E-state index is 0.727. The van der Waals surface area contributed by atoms with Crippen molar-refractivity contribution in [1.82, 2.24) is 5.32 Å². The van der Waals surface area contributed by atoms with Gasteiger partial charge in [-0.25, -0.2) is 0 Å². The van der Waals surface area contributed by atoms with Gasteiger partial charge in [-0.15, -0.1) is 0 Å². The molecule has 0 atom stereocenters. The number of nitrogens with one attached hydrogen (secondary N) is 1. The van der Waals surface area contributed by atoms with Gasteiger partial charge in [-0.1, -0.05) is 36.9 Å². The summed E-state index contributed by atoms with van der Waals surface area (Å²) in [5, 5.41) is 3.27. The van der Waals surface area contributed by atoms with E-state index < -0.39 is 0 Å². The van der Waals surface area contributed by atoms with E-state index in [0.717, 1.165) is 19.0 Å². The molecule has 0 bridgehead atoms. The monoisotopic (exact) mass is 159 g/mol. The van der Waals surface area contributed by atoms with Gasteiger partial charge in [0.15, 0.2) is 0 Å². The molecule has 1 aliphatic heterocycles. The van der Waals surface area contributed by atoms with Crippen LogP contribution in [-0.2, 0) is 0 Å². The van der Waals surface area contributed by atoms with Gasteiger partial charge in [0.2, 0.25) is 0 Å². The van der Waals surface area contributed by atoms with Crippen molar-refractivity contribution in [3.05, 3.63) is 42.0 Å². The van der Waals surface area contributed by atoms with E-state index in [1.165, 1.54) is 11.1 Å². The molecule has 0 aliphatic carbocycles. The van der Waals surface area contributed by atoms with E-state index >= 15 is 0 Å². The van der Waals surface area contributed by atoms with Gasteiger partial charge in [-0.05, 0) is 11.1 Å². The number of benzene rings is 1. The second-order valence-electron chi connectivity index (χ2n) is 3.23.